The lowest BCUT2D eigenvalue weighted by Gasteiger charge is -2.35. The predicted octanol–water partition coefficient (Wildman–Crippen LogP) is 2.05. The lowest BCUT2D eigenvalue weighted by molar-refractivity contribution is 0.0116. The number of likely N-dealkylation sites (N-methyl/N-ethyl adjacent to an activating group) is 2. The molecule has 10 nitrogen and oxygen atoms in total. The number of benzene rings is 1. The normalized spacial score (nSPS) is 22.9. The second kappa shape index (κ2) is 10.7. The number of aromatic nitrogens is 2. The van der Waals surface area contributed by atoms with E-state index in [1.165, 1.54) is 12.5 Å². The second-order valence-corrected chi connectivity index (χ2v) is 10.5. The molecule has 0 unspecified atom stereocenters. The number of sulfonamides is 1. The Morgan fingerprint density at radius 1 is 1.24 bits per heavy atom. The van der Waals surface area contributed by atoms with E-state index in [1.807, 2.05) is 0 Å². The Morgan fingerprint density at radius 3 is 2.59 bits per heavy atom. The van der Waals surface area contributed by atoms with Gasteiger partial charge in [-0.25, -0.2) is 4.98 Å². The van der Waals surface area contributed by atoms with E-state index in [2.05, 4.69) is 35.4 Å². The van der Waals surface area contributed by atoms with Gasteiger partial charge in [-0.15, -0.1) is 0 Å². The second-order valence-electron chi connectivity index (χ2n) is 8.88. The maximum absolute atomic E-state index is 13.3. The summed E-state index contributed by atoms with van der Waals surface area (Å²) in [4.78, 5) is 21.1. The van der Waals surface area contributed by atoms with Gasteiger partial charge in [-0.1, -0.05) is 13.8 Å². The van der Waals surface area contributed by atoms with Crippen LogP contribution in [-0.4, -0.2) is 86.2 Å². The molecule has 0 aliphatic carbocycles. The molecule has 0 saturated heterocycles. The minimum atomic E-state index is -3.88. The molecule has 11 heteroatoms. The fraction of sp³-hybridized carbons (Fsp3) is 0.565. The highest BCUT2D eigenvalue weighted by molar-refractivity contribution is 7.92. The van der Waals surface area contributed by atoms with Crippen LogP contribution in [0.15, 0.2) is 35.7 Å². The lowest BCUT2D eigenvalue weighted by Crippen LogP contribution is -2.46. The number of ether oxygens (including phenoxy) is 2. The van der Waals surface area contributed by atoms with Gasteiger partial charge in [0.05, 0.1) is 23.7 Å². The summed E-state index contributed by atoms with van der Waals surface area (Å²) in [7, 11) is 1.21. The van der Waals surface area contributed by atoms with Gasteiger partial charge in [0.2, 0.25) is 0 Å². The average molecular weight is 494 g/mol. The summed E-state index contributed by atoms with van der Waals surface area (Å²) in [6.07, 6.45) is 2.71. The number of aryl methyl sites for hydroxylation is 1. The van der Waals surface area contributed by atoms with Crippen LogP contribution in [0.4, 0.5) is 5.69 Å². The third-order valence-corrected chi connectivity index (χ3v) is 7.46. The summed E-state index contributed by atoms with van der Waals surface area (Å²) >= 11 is 0. The molecule has 1 aliphatic heterocycles. The van der Waals surface area contributed by atoms with Crippen molar-refractivity contribution in [2.45, 2.75) is 37.9 Å². The van der Waals surface area contributed by atoms with E-state index in [-0.39, 0.29) is 34.7 Å². The van der Waals surface area contributed by atoms with E-state index in [1.54, 1.807) is 48.9 Å². The number of fused-ring (bicyclic) bond motifs is 1. The molecular formula is C23H35N5O5S. The summed E-state index contributed by atoms with van der Waals surface area (Å²) in [5, 5.41) is -0.0913. The molecule has 1 N–H and O–H groups in total. The molecule has 188 valence electrons. The Bertz CT molecular complexity index is 1100. The molecular weight excluding hydrogens is 458 g/mol. The minimum absolute atomic E-state index is 0.0823. The number of rotatable bonds is 5. The van der Waals surface area contributed by atoms with E-state index in [0.717, 1.165) is 13.1 Å². The summed E-state index contributed by atoms with van der Waals surface area (Å²) in [6, 6.07) is 4.77. The number of amides is 1. The molecule has 0 bridgehead atoms. The largest absolute Gasteiger partial charge is 0.491 e. The fourth-order valence-corrected chi connectivity index (χ4v) is 5.12. The molecule has 2 heterocycles. The summed E-state index contributed by atoms with van der Waals surface area (Å²) in [6.45, 7) is 8.72. The number of nitrogens with zero attached hydrogens (tertiary/aromatic N) is 4. The van der Waals surface area contributed by atoms with Crippen LogP contribution >= 0.6 is 0 Å². The van der Waals surface area contributed by atoms with Gasteiger partial charge in [-0.2, -0.15) is 8.42 Å². The van der Waals surface area contributed by atoms with Gasteiger partial charge in [-0.05, 0) is 31.5 Å². The fourth-order valence-electron chi connectivity index (χ4n) is 4.09. The number of nitrogens with one attached hydrogen (secondary N) is 1. The highest BCUT2D eigenvalue weighted by Crippen LogP contribution is 2.28. The van der Waals surface area contributed by atoms with Crippen LogP contribution in [-0.2, 0) is 21.8 Å². The van der Waals surface area contributed by atoms with Gasteiger partial charge in [0.1, 0.15) is 12.4 Å². The first kappa shape index (κ1) is 26.0. The number of carbonyl (C=O) groups excluding carboxylic acids is 1. The molecule has 1 amide bonds. The third-order valence-electron chi connectivity index (χ3n) is 6.19. The van der Waals surface area contributed by atoms with Crippen LogP contribution in [0, 0.1) is 5.92 Å². The van der Waals surface area contributed by atoms with Gasteiger partial charge in [0, 0.05) is 52.6 Å². The smallest absolute Gasteiger partial charge is 0.280 e. The number of anilines is 1. The predicted molar refractivity (Wildman–Crippen MR) is 130 cm³/mol. The molecule has 0 spiro atoms. The van der Waals surface area contributed by atoms with E-state index < -0.39 is 10.0 Å². The Hall–Kier alpha value is -2.63. The quantitative estimate of drug-likeness (QED) is 0.679. The first-order valence-corrected chi connectivity index (χ1v) is 12.8. The molecule has 34 heavy (non-hydrogen) atoms. The Balaban J connectivity index is 1.95. The van der Waals surface area contributed by atoms with Crippen LogP contribution in [0.25, 0.3) is 0 Å². The van der Waals surface area contributed by atoms with Crippen molar-refractivity contribution in [3.63, 3.8) is 0 Å². The summed E-state index contributed by atoms with van der Waals surface area (Å²) in [5.74, 6) is 0.317. The maximum Gasteiger partial charge on any atom is 0.280 e. The number of carbonyl (C=O) groups is 1. The molecule has 3 atom stereocenters. The van der Waals surface area contributed by atoms with Gasteiger partial charge >= 0.3 is 0 Å². The standard InChI is InChI=1S/C23H35N5O5S/c1-7-28-11-16(2)21(32-6)12-27(5)23(29)19-9-8-18(10-20(19)33-14-17(28)3)25-34(30,31)22-13-26(4)15-24-22/h8-10,13,15-17,21,25H,7,11-12,14H2,1-6H3/t16-,17-,21-/m1/s1. The van der Waals surface area contributed by atoms with Crippen LogP contribution in [0.1, 0.15) is 31.1 Å². The van der Waals surface area contributed by atoms with Crippen molar-refractivity contribution in [1.29, 1.82) is 0 Å². The summed E-state index contributed by atoms with van der Waals surface area (Å²) in [5.41, 5.74) is 0.650. The van der Waals surface area contributed by atoms with Crippen LogP contribution in [0.3, 0.4) is 0 Å². The van der Waals surface area contributed by atoms with Crippen molar-refractivity contribution in [2.24, 2.45) is 13.0 Å². The first-order chi connectivity index (χ1) is 16.1. The van der Waals surface area contributed by atoms with Crippen molar-refractivity contribution in [1.82, 2.24) is 19.4 Å². The minimum Gasteiger partial charge on any atom is -0.491 e. The van der Waals surface area contributed by atoms with Crippen molar-refractivity contribution in [3.8, 4) is 5.75 Å². The van der Waals surface area contributed by atoms with E-state index >= 15 is 0 Å². The van der Waals surface area contributed by atoms with E-state index in [9.17, 15) is 13.2 Å². The molecule has 1 aliphatic rings. The SMILES string of the molecule is CCN1C[C@@H](C)[C@H](OC)CN(C)C(=O)c2ccc(NS(=O)(=O)c3cn(C)cn3)cc2OC[C@H]1C. The van der Waals surface area contributed by atoms with Crippen molar-refractivity contribution >= 4 is 21.6 Å². The number of methoxy groups -OCH3 is 1. The number of hydrogen-bond donors (Lipinski definition) is 1. The van der Waals surface area contributed by atoms with E-state index in [0.29, 0.717) is 24.5 Å². The molecule has 1 aromatic heterocycles. The Labute approximate surface area is 201 Å². The Kier molecular flexibility index (Phi) is 8.21. The van der Waals surface area contributed by atoms with Gasteiger partial charge in [-0.3, -0.25) is 14.4 Å². The van der Waals surface area contributed by atoms with Gasteiger partial charge in [0.15, 0.2) is 5.03 Å². The van der Waals surface area contributed by atoms with Crippen molar-refractivity contribution in [2.75, 3.05) is 45.1 Å². The zero-order chi connectivity index (χ0) is 25.0. The molecule has 3 rings (SSSR count). The Morgan fingerprint density at radius 2 is 1.97 bits per heavy atom. The molecule has 0 fully saturated rings. The van der Waals surface area contributed by atoms with Crippen LogP contribution in [0.2, 0.25) is 0 Å². The topological polar surface area (TPSA) is 106 Å². The number of imidazole rings is 1. The number of hydrogen-bond acceptors (Lipinski definition) is 7. The molecule has 0 radical (unpaired) electrons. The van der Waals surface area contributed by atoms with Crippen LogP contribution in [0.5, 0.6) is 5.75 Å². The van der Waals surface area contributed by atoms with Crippen LogP contribution < -0.4 is 9.46 Å². The van der Waals surface area contributed by atoms with E-state index in [4.69, 9.17) is 9.47 Å². The molecule has 1 aromatic carbocycles. The molecule has 2 aromatic rings. The maximum atomic E-state index is 13.3. The van der Waals surface area contributed by atoms with Gasteiger partial charge in [0.25, 0.3) is 15.9 Å². The molecule has 0 saturated carbocycles. The van der Waals surface area contributed by atoms with Gasteiger partial charge < -0.3 is 18.9 Å². The zero-order valence-corrected chi connectivity index (χ0v) is 21.5. The summed E-state index contributed by atoms with van der Waals surface area (Å²) < 4.78 is 41.3. The third kappa shape index (κ3) is 5.89. The first-order valence-electron chi connectivity index (χ1n) is 11.4. The zero-order valence-electron chi connectivity index (χ0n) is 20.7. The average Bonchev–Trinajstić information content (AvgIpc) is 3.25. The highest BCUT2D eigenvalue weighted by atomic mass is 32.2. The monoisotopic (exact) mass is 493 g/mol. The lowest BCUT2D eigenvalue weighted by atomic mass is 10.0. The van der Waals surface area contributed by atoms with Crippen molar-refractivity contribution < 1.29 is 22.7 Å². The highest BCUT2D eigenvalue weighted by Gasteiger charge is 2.28. The van der Waals surface area contributed by atoms with Crippen molar-refractivity contribution in [3.05, 3.63) is 36.3 Å².